The van der Waals surface area contributed by atoms with Crippen molar-refractivity contribution in [2.75, 3.05) is 7.11 Å². The summed E-state index contributed by atoms with van der Waals surface area (Å²) in [6.07, 6.45) is 5.53. The largest absolute Gasteiger partial charge is 0.501 e. The third-order valence-corrected chi connectivity index (χ3v) is 1.54. The average Bonchev–Trinajstić information content (AvgIpc) is 2.04. The van der Waals surface area contributed by atoms with Gasteiger partial charge in [0.05, 0.1) is 12.9 Å². The van der Waals surface area contributed by atoms with Gasteiger partial charge in [-0.25, -0.2) is 0 Å². The van der Waals surface area contributed by atoms with E-state index in [9.17, 15) is 0 Å². The summed E-state index contributed by atoms with van der Waals surface area (Å²) in [5, 5.41) is 0. The second kappa shape index (κ2) is 5.42. The molecule has 0 aliphatic carbocycles. The molecule has 0 aromatic rings. The predicted molar refractivity (Wildman–Crippen MR) is 53.9 cm³/mol. The molecule has 0 heterocycles. The van der Waals surface area contributed by atoms with Crippen molar-refractivity contribution in [3.05, 3.63) is 48.3 Å². The highest BCUT2D eigenvalue weighted by Gasteiger charge is 1.98. The van der Waals surface area contributed by atoms with Crippen molar-refractivity contribution in [2.45, 2.75) is 13.8 Å². The Morgan fingerprint density at radius 1 is 1.33 bits per heavy atom. The van der Waals surface area contributed by atoms with Crippen LogP contribution in [0.15, 0.2) is 48.3 Å². The van der Waals surface area contributed by atoms with Crippen LogP contribution in [0.1, 0.15) is 13.8 Å². The Kier molecular flexibility index (Phi) is 4.86. The van der Waals surface area contributed by atoms with Crippen LogP contribution < -0.4 is 0 Å². The normalized spacial score (nSPS) is 12.6. The lowest BCUT2D eigenvalue weighted by atomic mass is 10.1. The Morgan fingerprint density at radius 3 is 2.25 bits per heavy atom. The Hall–Kier alpha value is -1.24. The number of hydrogen-bond acceptors (Lipinski definition) is 1. The number of ether oxygens (including phenoxy) is 1. The predicted octanol–water partition coefficient (Wildman–Crippen LogP) is 3.23. The Labute approximate surface area is 74.7 Å². The minimum atomic E-state index is 0.876. The molecule has 0 aromatic heterocycles. The lowest BCUT2D eigenvalue weighted by molar-refractivity contribution is 0.291. The van der Waals surface area contributed by atoms with Gasteiger partial charge in [-0.05, 0) is 19.4 Å². The molecule has 0 aliphatic rings. The van der Waals surface area contributed by atoms with Crippen LogP contribution in [0.4, 0.5) is 0 Å². The van der Waals surface area contributed by atoms with Gasteiger partial charge in [0.1, 0.15) is 0 Å². The van der Waals surface area contributed by atoms with Crippen LogP contribution in [0.5, 0.6) is 0 Å². The van der Waals surface area contributed by atoms with E-state index in [1.165, 1.54) is 0 Å². The topological polar surface area (TPSA) is 9.23 Å². The first-order valence-electron chi connectivity index (χ1n) is 3.83. The molecule has 0 bridgehead atoms. The van der Waals surface area contributed by atoms with E-state index in [1.807, 2.05) is 26.0 Å². The SMILES string of the molecule is C=CC=CC(C(=C)C)=C(C)OC. The molecule has 0 saturated carbocycles. The summed E-state index contributed by atoms with van der Waals surface area (Å²) < 4.78 is 5.10. The lowest BCUT2D eigenvalue weighted by Crippen LogP contribution is -1.88. The molecule has 0 atom stereocenters. The van der Waals surface area contributed by atoms with E-state index in [1.54, 1.807) is 13.2 Å². The highest BCUT2D eigenvalue weighted by Crippen LogP contribution is 2.14. The Bertz CT molecular complexity index is 231. The van der Waals surface area contributed by atoms with Crippen LogP contribution in [0, 0.1) is 0 Å². The van der Waals surface area contributed by atoms with Crippen molar-refractivity contribution in [2.24, 2.45) is 0 Å². The van der Waals surface area contributed by atoms with E-state index < -0.39 is 0 Å². The highest BCUT2D eigenvalue weighted by molar-refractivity contribution is 5.39. The molecule has 0 spiro atoms. The summed E-state index contributed by atoms with van der Waals surface area (Å²) in [6, 6.07) is 0. The molecule has 1 heteroatoms. The van der Waals surface area contributed by atoms with Crippen LogP contribution >= 0.6 is 0 Å². The molecule has 0 unspecified atom stereocenters. The zero-order valence-corrected chi connectivity index (χ0v) is 8.05. The fraction of sp³-hybridized carbons (Fsp3) is 0.273. The fourth-order valence-electron chi connectivity index (χ4n) is 0.834. The zero-order chi connectivity index (χ0) is 9.56. The molecule has 0 amide bonds. The molecule has 0 aromatic carbocycles. The summed E-state index contributed by atoms with van der Waals surface area (Å²) in [5.41, 5.74) is 2.02. The molecule has 0 fully saturated rings. The van der Waals surface area contributed by atoms with Gasteiger partial charge >= 0.3 is 0 Å². The van der Waals surface area contributed by atoms with Gasteiger partial charge in [0, 0.05) is 5.57 Å². The van der Waals surface area contributed by atoms with Gasteiger partial charge in [-0.1, -0.05) is 31.4 Å². The second-order valence-electron chi connectivity index (χ2n) is 2.55. The average molecular weight is 164 g/mol. The van der Waals surface area contributed by atoms with Crippen LogP contribution in [-0.2, 0) is 4.74 Å². The molecule has 0 saturated heterocycles. The molecule has 0 rings (SSSR count). The maximum absolute atomic E-state index is 5.10. The van der Waals surface area contributed by atoms with E-state index in [4.69, 9.17) is 4.74 Å². The first-order chi connectivity index (χ1) is 5.63. The number of rotatable bonds is 4. The van der Waals surface area contributed by atoms with Crippen molar-refractivity contribution < 1.29 is 4.74 Å². The van der Waals surface area contributed by atoms with E-state index >= 15 is 0 Å². The molecule has 0 N–H and O–H groups in total. The minimum Gasteiger partial charge on any atom is -0.501 e. The van der Waals surface area contributed by atoms with Gasteiger partial charge in [0.2, 0.25) is 0 Å². The van der Waals surface area contributed by atoms with Crippen molar-refractivity contribution in [3.8, 4) is 0 Å². The van der Waals surface area contributed by atoms with Crippen LogP contribution in [0.25, 0.3) is 0 Å². The fourth-order valence-corrected chi connectivity index (χ4v) is 0.834. The van der Waals surface area contributed by atoms with Gasteiger partial charge in [0.25, 0.3) is 0 Å². The van der Waals surface area contributed by atoms with Crippen LogP contribution in [0.3, 0.4) is 0 Å². The number of methoxy groups -OCH3 is 1. The van der Waals surface area contributed by atoms with E-state index in [0.29, 0.717) is 0 Å². The number of hydrogen-bond donors (Lipinski definition) is 0. The second-order valence-corrected chi connectivity index (χ2v) is 2.55. The van der Waals surface area contributed by atoms with Gasteiger partial charge in [-0.3, -0.25) is 0 Å². The van der Waals surface area contributed by atoms with Crippen molar-refractivity contribution in [1.82, 2.24) is 0 Å². The Balaban J connectivity index is 4.78. The van der Waals surface area contributed by atoms with Crippen LogP contribution in [-0.4, -0.2) is 7.11 Å². The highest BCUT2D eigenvalue weighted by atomic mass is 16.5. The maximum Gasteiger partial charge on any atom is 0.0999 e. The monoisotopic (exact) mass is 164 g/mol. The third-order valence-electron chi connectivity index (χ3n) is 1.54. The van der Waals surface area contributed by atoms with Gasteiger partial charge in [0.15, 0.2) is 0 Å². The third kappa shape index (κ3) is 3.24. The van der Waals surface area contributed by atoms with Crippen molar-refractivity contribution in [1.29, 1.82) is 0 Å². The van der Waals surface area contributed by atoms with Crippen LogP contribution in [0.2, 0.25) is 0 Å². The summed E-state index contributed by atoms with van der Waals surface area (Å²) in [5.74, 6) is 0.876. The smallest absolute Gasteiger partial charge is 0.0999 e. The molecule has 0 aliphatic heterocycles. The van der Waals surface area contributed by atoms with Gasteiger partial charge in [-0.2, -0.15) is 0 Å². The standard InChI is InChI=1S/C11H16O/c1-6-7-8-11(9(2)3)10(4)12-5/h6-8H,1-2H2,3-5H3. The van der Waals surface area contributed by atoms with E-state index in [0.717, 1.165) is 16.9 Å². The van der Waals surface area contributed by atoms with E-state index in [2.05, 4.69) is 13.2 Å². The first kappa shape index (κ1) is 10.8. The molecule has 0 radical (unpaired) electrons. The summed E-state index contributed by atoms with van der Waals surface area (Å²) in [6.45, 7) is 11.3. The van der Waals surface area contributed by atoms with Crippen molar-refractivity contribution in [3.63, 3.8) is 0 Å². The first-order valence-corrected chi connectivity index (χ1v) is 3.83. The Morgan fingerprint density at radius 2 is 1.92 bits per heavy atom. The molecule has 12 heavy (non-hydrogen) atoms. The lowest BCUT2D eigenvalue weighted by Gasteiger charge is -2.05. The zero-order valence-electron chi connectivity index (χ0n) is 8.05. The molecular formula is C11H16O. The van der Waals surface area contributed by atoms with Gasteiger partial charge in [-0.15, -0.1) is 0 Å². The van der Waals surface area contributed by atoms with Gasteiger partial charge < -0.3 is 4.74 Å². The molecule has 66 valence electrons. The van der Waals surface area contributed by atoms with Crippen molar-refractivity contribution >= 4 is 0 Å². The summed E-state index contributed by atoms with van der Waals surface area (Å²) >= 11 is 0. The maximum atomic E-state index is 5.10. The molecular weight excluding hydrogens is 148 g/mol. The molecule has 1 nitrogen and oxygen atoms in total. The summed E-state index contributed by atoms with van der Waals surface area (Å²) in [4.78, 5) is 0. The minimum absolute atomic E-state index is 0.876. The number of allylic oxidation sites excluding steroid dienone is 6. The van der Waals surface area contributed by atoms with E-state index in [-0.39, 0.29) is 0 Å². The quantitative estimate of drug-likeness (QED) is 0.458. The summed E-state index contributed by atoms with van der Waals surface area (Å²) in [7, 11) is 1.65.